The zero-order valence-electron chi connectivity index (χ0n) is 39.6. The van der Waals surface area contributed by atoms with Crippen molar-refractivity contribution in [2.75, 3.05) is 40.5 Å². The van der Waals surface area contributed by atoms with Gasteiger partial charge in [-0.3, -0.25) is 18.6 Å². The molecule has 0 heterocycles. The molecule has 1 N–H and O–H groups in total. The number of ether oxygens (including phenoxy) is 2. The van der Waals surface area contributed by atoms with E-state index in [9.17, 15) is 19.0 Å². The number of allylic oxidation sites excluding steroid dienone is 10. The maximum absolute atomic E-state index is 12.7. The number of carbonyl (C=O) groups is 2. The average molecular weight is 878 g/mol. The normalized spacial score (nSPS) is 13.8. The van der Waals surface area contributed by atoms with E-state index in [0.29, 0.717) is 19.4 Å². The lowest BCUT2D eigenvalue weighted by atomic mass is 10.0. The molecule has 9 nitrogen and oxygen atoms in total. The van der Waals surface area contributed by atoms with Crippen LogP contribution in [0.25, 0.3) is 0 Å². The smallest absolute Gasteiger partial charge is 0.462 e. The van der Waals surface area contributed by atoms with Crippen LogP contribution in [0, 0.1) is 0 Å². The molecule has 0 aliphatic heterocycles. The van der Waals surface area contributed by atoms with E-state index in [1.165, 1.54) is 103 Å². The molecule has 354 valence electrons. The molecule has 0 aromatic heterocycles. The van der Waals surface area contributed by atoms with Crippen LogP contribution in [-0.4, -0.2) is 68.3 Å². The summed E-state index contributed by atoms with van der Waals surface area (Å²) in [7, 11) is -0.729. The van der Waals surface area contributed by atoms with E-state index in [1.807, 2.05) is 19.0 Å². The first kappa shape index (κ1) is 58.7. The number of phosphoric acid groups is 1. The van der Waals surface area contributed by atoms with Gasteiger partial charge in [0.05, 0.1) is 13.2 Å². The Balaban J connectivity index is 4.26. The Hall–Kier alpha value is -2.29. The first-order valence-electron chi connectivity index (χ1n) is 24.6. The summed E-state index contributed by atoms with van der Waals surface area (Å²) in [5.74, 6) is -0.836. The summed E-state index contributed by atoms with van der Waals surface area (Å²) in [4.78, 5) is 37.2. The summed E-state index contributed by atoms with van der Waals surface area (Å²) in [6, 6.07) is 0. The van der Waals surface area contributed by atoms with Crippen molar-refractivity contribution in [3.8, 4) is 0 Å². The van der Waals surface area contributed by atoms with Crippen molar-refractivity contribution in [2.24, 2.45) is 0 Å². The van der Waals surface area contributed by atoms with Crippen LogP contribution in [0.1, 0.15) is 206 Å². The van der Waals surface area contributed by atoms with Gasteiger partial charge in [0, 0.05) is 19.4 Å². The van der Waals surface area contributed by atoms with Crippen molar-refractivity contribution in [3.05, 3.63) is 60.8 Å². The zero-order valence-corrected chi connectivity index (χ0v) is 40.5. The number of likely N-dealkylation sites (N-methyl/N-ethyl adjacent to an activating group) is 1. The van der Waals surface area contributed by atoms with E-state index in [1.54, 1.807) is 0 Å². The first-order chi connectivity index (χ1) is 29.7. The third-order valence-electron chi connectivity index (χ3n) is 10.3. The van der Waals surface area contributed by atoms with Crippen LogP contribution in [0.3, 0.4) is 0 Å². The van der Waals surface area contributed by atoms with E-state index < -0.39 is 32.5 Å². The lowest BCUT2D eigenvalue weighted by Gasteiger charge is -2.20. The van der Waals surface area contributed by atoms with E-state index in [-0.39, 0.29) is 26.1 Å². The van der Waals surface area contributed by atoms with Gasteiger partial charge in [-0.05, 0) is 71.9 Å². The predicted octanol–water partition coefficient (Wildman–Crippen LogP) is 14.7. The monoisotopic (exact) mass is 878 g/mol. The molecule has 2 unspecified atom stereocenters. The van der Waals surface area contributed by atoms with Gasteiger partial charge in [0.1, 0.15) is 6.61 Å². The summed E-state index contributed by atoms with van der Waals surface area (Å²) < 4.78 is 33.6. The van der Waals surface area contributed by atoms with Gasteiger partial charge in [-0.2, -0.15) is 0 Å². The average Bonchev–Trinajstić information content (AvgIpc) is 3.23. The molecule has 0 fully saturated rings. The lowest BCUT2D eigenvalue weighted by Crippen LogP contribution is -2.29. The summed E-state index contributed by atoms with van der Waals surface area (Å²) in [6.07, 6.45) is 54.1. The Kier molecular flexibility index (Phi) is 44.0. The van der Waals surface area contributed by atoms with Crippen LogP contribution in [-0.2, 0) is 32.7 Å². The third kappa shape index (κ3) is 47.0. The number of rotatable bonds is 45. The number of carbonyl (C=O) groups excluding carboxylic acids is 2. The summed E-state index contributed by atoms with van der Waals surface area (Å²) >= 11 is 0. The Labute approximate surface area is 374 Å². The fourth-order valence-electron chi connectivity index (χ4n) is 6.60. The highest BCUT2D eigenvalue weighted by Gasteiger charge is 2.26. The molecule has 0 amide bonds. The van der Waals surface area contributed by atoms with Crippen molar-refractivity contribution in [1.82, 2.24) is 4.90 Å². The summed E-state index contributed by atoms with van der Waals surface area (Å²) in [5, 5.41) is 0. The molecule has 0 rings (SSSR count). The Morgan fingerprint density at radius 3 is 1.39 bits per heavy atom. The van der Waals surface area contributed by atoms with Crippen LogP contribution >= 0.6 is 7.82 Å². The number of phosphoric ester groups is 1. The Morgan fingerprint density at radius 1 is 0.525 bits per heavy atom. The van der Waals surface area contributed by atoms with Crippen LogP contribution in [0.15, 0.2) is 60.8 Å². The molecule has 0 aliphatic carbocycles. The number of hydrogen-bond acceptors (Lipinski definition) is 8. The van der Waals surface area contributed by atoms with Crippen LogP contribution < -0.4 is 0 Å². The largest absolute Gasteiger partial charge is 0.472 e. The fourth-order valence-corrected chi connectivity index (χ4v) is 7.34. The molecule has 61 heavy (non-hydrogen) atoms. The number of hydrogen-bond donors (Lipinski definition) is 1. The SMILES string of the molecule is CC/C=C\C/C=C\C/C=C\C/C=C\C/C=C\CCCCCC(=O)OCC(COP(=O)(O)OCCN(C)C)OC(=O)CCCCCCCCCCCCCCCCCCCCC. The number of unbranched alkanes of at least 4 members (excludes halogenated alkanes) is 21. The van der Waals surface area contributed by atoms with Crippen molar-refractivity contribution in [2.45, 2.75) is 213 Å². The molecule has 0 aromatic rings. The number of nitrogens with zero attached hydrogens (tertiary/aromatic N) is 1. The number of esters is 2. The van der Waals surface area contributed by atoms with Gasteiger partial charge in [-0.1, -0.05) is 197 Å². The van der Waals surface area contributed by atoms with Gasteiger partial charge >= 0.3 is 19.8 Å². The molecule has 0 radical (unpaired) electrons. The lowest BCUT2D eigenvalue weighted by molar-refractivity contribution is -0.161. The minimum Gasteiger partial charge on any atom is -0.462 e. The quantitative estimate of drug-likeness (QED) is 0.0277. The Bertz CT molecular complexity index is 1200. The minimum absolute atomic E-state index is 0.000693. The van der Waals surface area contributed by atoms with Crippen molar-refractivity contribution in [3.63, 3.8) is 0 Å². The van der Waals surface area contributed by atoms with Crippen LogP contribution in [0.4, 0.5) is 0 Å². The molecule has 2 atom stereocenters. The molecule has 0 spiro atoms. The Morgan fingerprint density at radius 2 is 0.934 bits per heavy atom. The highest BCUT2D eigenvalue weighted by atomic mass is 31.2. The molecule has 0 aliphatic rings. The second-order valence-electron chi connectivity index (χ2n) is 16.6. The topological polar surface area (TPSA) is 112 Å². The third-order valence-corrected chi connectivity index (χ3v) is 11.3. The van der Waals surface area contributed by atoms with Crippen LogP contribution in [0.2, 0.25) is 0 Å². The summed E-state index contributed by atoms with van der Waals surface area (Å²) in [6.45, 7) is 4.19. The van der Waals surface area contributed by atoms with E-state index >= 15 is 0 Å². The zero-order chi connectivity index (χ0) is 44.8. The first-order valence-corrected chi connectivity index (χ1v) is 26.1. The summed E-state index contributed by atoms with van der Waals surface area (Å²) in [5.41, 5.74) is 0. The second kappa shape index (κ2) is 45.7. The van der Waals surface area contributed by atoms with Crippen molar-refractivity contribution >= 4 is 19.8 Å². The standard InChI is InChI=1S/C51H92NO8P/c1-5-7-9-11-13-15-17-19-21-23-25-27-29-31-33-35-37-39-41-43-50(53)57-47-49(48-59-61(55,56)58-46-45-52(3)4)60-51(54)44-42-40-38-36-34-32-30-28-26-24-22-20-18-16-14-12-10-8-6-2/h7,9,13,15,19,21,25,27,31,33,49H,5-6,8,10-12,14,16-18,20,22-24,26,28-30,32,34-48H2,1-4H3,(H,55,56)/b9-7-,15-13-,21-19-,27-25-,33-31-. The molecule has 0 bridgehead atoms. The molecule has 0 saturated carbocycles. The van der Waals surface area contributed by atoms with E-state index in [4.69, 9.17) is 18.5 Å². The predicted molar refractivity (Wildman–Crippen MR) is 257 cm³/mol. The fraction of sp³-hybridized carbons (Fsp3) is 0.765. The highest BCUT2D eigenvalue weighted by Crippen LogP contribution is 2.43. The van der Waals surface area contributed by atoms with Gasteiger partial charge in [-0.15, -0.1) is 0 Å². The minimum atomic E-state index is -4.37. The second-order valence-corrected chi connectivity index (χ2v) is 18.1. The van der Waals surface area contributed by atoms with Gasteiger partial charge < -0.3 is 19.3 Å². The van der Waals surface area contributed by atoms with E-state index in [0.717, 1.165) is 64.2 Å². The maximum atomic E-state index is 12.7. The van der Waals surface area contributed by atoms with E-state index in [2.05, 4.69) is 74.6 Å². The maximum Gasteiger partial charge on any atom is 0.472 e. The molecular weight excluding hydrogens is 786 g/mol. The van der Waals surface area contributed by atoms with Crippen molar-refractivity contribution in [1.29, 1.82) is 0 Å². The van der Waals surface area contributed by atoms with Gasteiger partial charge in [0.15, 0.2) is 6.10 Å². The molecule has 10 heteroatoms. The molecule has 0 saturated heterocycles. The highest BCUT2D eigenvalue weighted by molar-refractivity contribution is 7.47. The molecule has 0 aromatic carbocycles. The molecular formula is C51H92NO8P. The van der Waals surface area contributed by atoms with Gasteiger partial charge in [-0.25, -0.2) is 4.57 Å². The van der Waals surface area contributed by atoms with Crippen LogP contribution in [0.5, 0.6) is 0 Å². The van der Waals surface area contributed by atoms with Gasteiger partial charge in [0.25, 0.3) is 0 Å². The van der Waals surface area contributed by atoms with Gasteiger partial charge in [0.2, 0.25) is 0 Å². The van der Waals surface area contributed by atoms with Crippen molar-refractivity contribution < 1.29 is 37.6 Å².